The van der Waals surface area contributed by atoms with Crippen molar-refractivity contribution in [3.63, 3.8) is 0 Å². The minimum atomic E-state index is 0. The Kier molecular flexibility index (Phi) is 47.1. The van der Waals surface area contributed by atoms with Gasteiger partial charge in [-0.25, -0.2) is 0 Å². The van der Waals surface area contributed by atoms with Gasteiger partial charge in [-0.1, -0.05) is 58.7 Å². The lowest BCUT2D eigenvalue weighted by Crippen LogP contribution is -1.38. The van der Waals surface area contributed by atoms with Crippen molar-refractivity contribution in [1.82, 2.24) is 0 Å². The van der Waals surface area contributed by atoms with E-state index in [4.69, 9.17) is 0 Å². The van der Waals surface area contributed by atoms with Gasteiger partial charge >= 0.3 is 0 Å². The third-order valence-corrected chi connectivity index (χ3v) is 0.383. The van der Waals surface area contributed by atoms with Crippen LogP contribution in [0.4, 0.5) is 0 Å². The molecule has 0 amide bonds. The second-order valence-corrected chi connectivity index (χ2v) is 0.856. The van der Waals surface area contributed by atoms with Gasteiger partial charge in [-0.3, -0.25) is 0 Å². The first-order valence-corrected chi connectivity index (χ1v) is 2.82. The molecule has 0 heterocycles. The van der Waals surface area contributed by atoms with Gasteiger partial charge in [0, 0.05) is 0 Å². The first-order valence-electron chi connectivity index (χ1n) is 2.82. The molecule has 0 atom stereocenters. The molecule has 0 saturated heterocycles. The van der Waals surface area contributed by atoms with Gasteiger partial charge in [0.05, 0.1) is 0 Å². The molecule has 0 saturated carbocycles. The molecule has 0 fully saturated rings. The van der Waals surface area contributed by atoms with Gasteiger partial charge in [0.15, 0.2) is 0 Å². The summed E-state index contributed by atoms with van der Waals surface area (Å²) in [5.41, 5.74) is 0. The maximum absolute atomic E-state index is 3.46. The zero-order valence-electron chi connectivity index (χ0n) is 5.72. The Morgan fingerprint density at radius 3 is 1.22 bits per heavy atom. The zero-order chi connectivity index (χ0) is 6.83. The molecule has 0 heteroatoms. The molecule has 0 rings (SSSR count). The van der Waals surface area contributed by atoms with E-state index in [9.17, 15) is 0 Å². The zero-order valence-corrected chi connectivity index (χ0v) is 5.72. The van der Waals surface area contributed by atoms with Crippen molar-refractivity contribution in [1.29, 1.82) is 0 Å². The highest BCUT2D eigenvalue weighted by Gasteiger charge is 1.47. The summed E-state index contributed by atoms with van der Waals surface area (Å²) in [6.45, 7) is 10.9. The van der Waals surface area contributed by atoms with Crippen LogP contribution in [0.3, 0.4) is 0 Å². The average molecular weight is 126 g/mol. The fourth-order valence-electron chi connectivity index (χ4n) is 0.157. The number of hydrogen-bond donors (Lipinski definition) is 0. The summed E-state index contributed by atoms with van der Waals surface area (Å²) >= 11 is 0. The third-order valence-electron chi connectivity index (χ3n) is 0.383. The molecule has 0 aromatic rings. The van der Waals surface area contributed by atoms with Crippen molar-refractivity contribution in [2.75, 3.05) is 0 Å². The molecule has 0 unspecified atom stereocenters. The van der Waals surface area contributed by atoms with Crippen LogP contribution < -0.4 is 0 Å². The van der Waals surface area contributed by atoms with E-state index < -0.39 is 0 Å². The van der Waals surface area contributed by atoms with Gasteiger partial charge in [0.1, 0.15) is 0 Å². The Bertz CT molecular complexity index is 58.1. The molecule has 0 aromatic heterocycles. The van der Waals surface area contributed by atoms with Gasteiger partial charge in [-0.05, 0) is 0 Å². The first-order chi connectivity index (χ1) is 3.91. The largest absolute Gasteiger partial charge is 0.0991 e. The summed E-state index contributed by atoms with van der Waals surface area (Å²) < 4.78 is 0. The Balaban J connectivity index is -0.000000109. The highest BCUT2D eigenvalue weighted by atomic mass is 13.5. The molecule has 0 N–H and O–H groups in total. The number of allylic oxidation sites excluding steroid dienone is 4. The van der Waals surface area contributed by atoms with Crippen LogP contribution in [-0.4, -0.2) is 0 Å². The summed E-state index contributed by atoms with van der Waals surface area (Å²) in [5, 5.41) is 0. The maximum atomic E-state index is 3.46. The van der Waals surface area contributed by atoms with Gasteiger partial charge in [0.25, 0.3) is 0 Å². The standard InChI is InChI=1S/C6H8.C2H6.CH4/c1-3-5-6-4-2;1-2;/h3-6H,1-2H2;1-2H3;1H4/b6-5-;;. The average Bonchev–Trinajstić information content (AvgIpc) is 1.88. The Hall–Kier alpha value is -0.780. The van der Waals surface area contributed by atoms with E-state index in [-0.39, 0.29) is 7.43 Å². The summed E-state index contributed by atoms with van der Waals surface area (Å²) in [5.74, 6) is 0. The molecule has 0 radical (unpaired) electrons. The normalized spacial score (nSPS) is 6.44. The van der Waals surface area contributed by atoms with E-state index in [1.807, 2.05) is 26.0 Å². The Morgan fingerprint density at radius 2 is 1.11 bits per heavy atom. The molecule has 0 aliphatic rings. The smallest absolute Gasteiger partial charge is 0.0629 e. The quantitative estimate of drug-likeness (QED) is 0.496. The SMILES string of the molecule is C.C=C/C=C\C=C.CC. The molecule has 0 nitrogen and oxygen atoms in total. The van der Waals surface area contributed by atoms with E-state index in [2.05, 4.69) is 13.2 Å². The predicted molar refractivity (Wildman–Crippen MR) is 47.6 cm³/mol. The molecular weight excluding hydrogens is 108 g/mol. The van der Waals surface area contributed by atoms with Gasteiger partial charge < -0.3 is 0 Å². The molecular formula is C9H18. The fraction of sp³-hybridized carbons (Fsp3) is 0.333. The minimum Gasteiger partial charge on any atom is -0.0991 e. The molecule has 9 heavy (non-hydrogen) atoms. The van der Waals surface area contributed by atoms with Crippen molar-refractivity contribution >= 4 is 0 Å². The topological polar surface area (TPSA) is 0 Å². The second kappa shape index (κ2) is 26.9. The van der Waals surface area contributed by atoms with Crippen LogP contribution in [0.15, 0.2) is 37.5 Å². The van der Waals surface area contributed by atoms with Crippen molar-refractivity contribution in [3.05, 3.63) is 37.5 Å². The Morgan fingerprint density at radius 1 is 0.889 bits per heavy atom. The first kappa shape index (κ1) is 15.7. The molecule has 0 aromatic carbocycles. The summed E-state index contributed by atoms with van der Waals surface area (Å²) in [4.78, 5) is 0. The molecule has 0 spiro atoms. The van der Waals surface area contributed by atoms with Gasteiger partial charge in [-0.15, -0.1) is 0 Å². The maximum Gasteiger partial charge on any atom is -0.0629 e. The highest BCUT2D eigenvalue weighted by molar-refractivity contribution is 5.05. The van der Waals surface area contributed by atoms with E-state index in [1.54, 1.807) is 12.2 Å². The second-order valence-electron chi connectivity index (χ2n) is 0.856. The van der Waals surface area contributed by atoms with Crippen LogP contribution in [0.5, 0.6) is 0 Å². The van der Waals surface area contributed by atoms with Crippen LogP contribution in [0.25, 0.3) is 0 Å². The highest BCUT2D eigenvalue weighted by Crippen LogP contribution is 1.69. The lowest BCUT2D eigenvalue weighted by atomic mass is 10.5. The number of rotatable bonds is 2. The van der Waals surface area contributed by atoms with E-state index >= 15 is 0 Å². The summed E-state index contributed by atoms with van der Waals surface area (Å²) in [7, 11) is 0. The third kappa shape index (κ3) is 39.9. The monoisotopic (exact) mass is 126 g/mol. The van der Waals surface area contributed by atoms with Crippen LogP contribution in [0.1, 0.15) is 21.3 Å². The van der Waals surface area contributed by atoms with Crippen LogP contribution in [-0.2, 0) is 0 Å². The van der Waals surface area contributed by atoms with Crippen LogP contribution in [0.2, 0.25) is 0 Å². The lowest BCUT2D eigenvalue weighted by molar-refractivity contribution is 1.50. The summed E-state index contributed by atoms with van der Waals surface area (Å²) in [6.07, 6.45) is 7.07. The van der Waals surface area contributed by atoms with Crippen molar-refractivity contribution < 1.29 is 0 Å². The molecule has 0 aliphatic heterocycles. The lowest BCUT2D eigenvalue weighted by Gasteiger charge is -1.60. The minimum absolute atomic E-state index is 0. The van der Waals surface area contributed by atoms with E-state index in [0.717, 1.165) is 0 Å². The Labute approximate surface area is 59.6 Å². The van der Waals surface area contributed by atoms with E-state index in [0.29, 0.717) is 0 Å². The van der Waals surface area contributed by atoms with Gasteiger partial charge in [0.2, 0.25) is 0 Å². The van der Waals surface area contributed by atoms with Gasteiger partial charge in [-0.2, -0.15) is 0 Å². The van der Waals surface area contributed by atoms with E-state index in [1.165, 1.54) is 0 Å². The molecule has 0 aliphatic carbocycles. The van der Waals surface area contributed by atoms with Crippen molar-refractivity contribution in [3.8, 4) is 0 Å². The molecule has 0 bridgehead atoms. The molecule has 54 valence electrons. The fourth-order valence-corrected chi connectivity index (χ4v) is 0.157. The summed E-state index contributed by atoms with van der Waals surface area (Å²) in [6, 6.07) is 0. The predicted octanol–water partition coefficient (Wildman–Crippen LogP) is 3.58. The number of hydrogen-bond acceptors (Lipinski definition) is 0. The van der Waals surface area contributed by atoms with Crippen molar-refractivity contribution in [2.24, 2.45) is 0 Å². The van der Waals surface area contributed by atoms with Crippen LogP contribution in [0, 0.1) is 0 Å². The van der Waals surface area contributed by atoms with Crippen molar-refractivity contribution in [2.45, 2.75) is 21.3 Å². The van der Waals surface area contributed by atoms with Crippen LogP contribution >= 0.6 is 0 Å².